The van der Waals surface area contributed by atoms with Gasteiger partial charge in [-0.3, -0.25) is 14.4 Å². The second kappa shape index (κ2) is 9.11. The molecule has 0 atom stereocenters. The lowest BCUT2D eigenvalue weighted by Gasteiger charge is -2.34. The van der Waals surface area contributed by atoms with E-state index in [0.29, 0.717) is 24.2 Å². The average Bonchev–Trinajstić information content (AvgIpc) is 3.64. The number of likely N-dealkylation sites (tertiary alicyclic amines) is 1. The first-order valence-corrected chi connectivity index (χ1v) is 11.6. The van der Waals surface area contributed by atoms with Gasteiger partial charge in [0.15, 0.2) is 6.19 Å². The Hall–Kier alpha value is -4.38. The summed E-state index contributed by atoms with van der Waals surface area (Å²) in [7, 11) is 0. The SMILES string of the molecule is N#CN1CC(NC(=O)C(=O)NCc2ccccc2C(=O)NC2(c3cccc4ccccc34)CC2)C1. The Morgan fingerprint density at radius 1 is 0.943 bits per heavy atom. The van der Waals surface area contributed by atoms with Crippen molar-refractivity contribution in [2.75, 3.05) is 13.1 Å². The molecule has 3 aromatic rings. The number of amides is 3. The standard InChI is InChI=1S/C27H25N5O3/c28-17-32-15-20(16-32)30-26(35)25(34)29-14-19-7-2-4-10-22(19)24(33)31-27(12-13-27)23-11-5-8-18-6-1-3-9-21(18)23/h1-11,20H,12-16H2,(H,29,34)(H,30,35)(H,31,33). The lowest BCUT2D eigenvalue weighted by atomic mass is 9.96. The molecule has 0 bridgehead atoms. The van der Waals surface area contributed by atoms with E-state index in [2.05, 4.69) is 40.2 Å². The molecule has 0 radical (unpaired) electrons. The summed E-state index contributed by atoms with van der Waals surface area (Å²) in [4.78, 5) is 39.2. The first kappa shape index (κ1) is 22.4. The van der Waals surface area contributed by atoms with E-state index in [1.54, 1.807) is 24.3 Å². The fourth-order valence-corrected chi connectivity index (χ4v) is 4.57. The Morgan fingerprint density at radius 2 is 1.66 bits per heavy atom. The van der Waals surface area contributed by atoms with Crippen molar-refractivity contribution >= 4 is 28.5 Å². The van der Waals surface area contributed by atoms with E-state index in [0.717, 1.165) is 29.2 Å². The first-order chi connectivity index (χ1) is 17.0. The molecule has 3 aromatic carbocycles. The molecular weight excluding hydrogens is 442 g/mol. The molecule has 1 heterocycles. The van der Waals surface area contributed by atoms with Crippen molar-refractivity contribution in [3.05, 3.63) is 83.4 Å². The highest BCUT2D eigenvalue weighted by atomic mass is 16.2. The van der Waals surface area contributed by atoms with Gasteiger partial charge in [0, 0.05) is 12.1 Å². The maximum absolute atomic E-state index is 13.3. The average molecular weight is 468 g/mol. The van der Waals surface area contributed by atoms with E-state index >= 15 is 0 Å². The van der Waals surface area contributed by atoms with E-state index in [4.69, 9.17) is 5.26 Å². The van der Waals surface area contributed by atoms with Gasteiger partial charge in [-0.05, 0) is 40.8 Å². The summed E-state index contributed by atoms with van der Waals surface area (Å²) >= 11 is 0. The van der Waals surface area contributed by atoms with Crippen molar-refractivity contribution in [3.8, 4) is 6.19 Å². The molecule has 0 spiro atoms. The molecule has 0 unspecified atom stereocenters. The molecule has 8 heteroatoms. The molecule has 3 N–H and O–H groups in total. The Balaban J connectivity index is 1.25. The number of nitrogens with one attached hydrogen (secondary N) is 3. The maximum atomic E-state index is 13.3. The van der Waals surface area contributed by atoms with Gasteiger partial charge in [0.05, 0.1) is 24.7 Å². The molecule has 176 valence electrons. The van der Waals surface area contributed by atoms with Crippen LogP contribution in [-0.4, -0.2) is 41.8 Å². The zero-order valence-corrected chi connectivity index (χ0v) is 19.1. The summed E-state index contributed by atoms with van der Waals surface area (Å²) in [6.07, 6.45) is 3.70. The number of hydrogen-bond acceptors (Lipinski definition) is 5. The number of carbonyl (C=O) groups is 3. The molecule has 2 fully saturated rings. The third-order valence-corrected chi connectivity index (χ3v) is 6.67. The van der Waals surface area contributed by atoms with Crippen LogP contribution in [0.1, 0.15) is 34.3 Å². The largest absolute Gasteiger partial charge is 0.344 e. The molecule has 3 amide bonds. The summed E-state index contributed by atoms with van der Waals surface area (Å²) in [6.45, 7) is 0.847. The minimum atomic E-state index is -0.773. The predicted molar refractivity (Wildman–Crippen MR) is 130 cm³/mol. The molecule has 8 nitrogen and oxygen atoms in total. The third-order valence-electron chi connectivity index (χ3n) is 6.67. The van der Waals surface area contributed by atoms with E-state index in [1.807, 2.05) is 24.4 Å². The Morgan fingerprint density at radius 3 is 2.43 bits per heavy atom. The van der Waals surface area contributed by atoms with E-state index < -0.39 is 17.4 Å². The highest BCUT2D eigenvalue weighted by molar-refractivity contribution is 6.35. The number of fused-ring (bicyclic) bond motifs is 1. The normalized spacial score (nSPS) is 16.0. The number of nitrogens with zero attached hydrogens (tertiary/aromatic N) is 2. The summed E-state index contributed by atoms with van der Waals surface area (Å²) in [5.74, 6) is -1.73. The molecular formula is C27H25N5O3. The van der Waals surface area contributed by atoms with Crippen LogP contribution in [0.5, 0.6) is 0 Å². The number of benzene rings is 3. The van der Waals surface area contributed by atoms with Gasteiger partial charge in [0.1, 0.15) is 0 Å². The predicted octanol–water partition coefficient (Wildman–Crippen LogP) is 2.16. The molecule has 0 aromatic heterocycles. The van der Waals surface area contributed by atoms with Gasteiger partial charge >= 0.3 is 11.8 Å². The van der Waals surface area contributed by atoms with E-state index in [-0.39, 0.29) is 18.5 Å². The van der Waals surface area contributed by atoms with Crippen LogP contribution in [0, 0.1) is 11.5 Å². The Labute approximate surface area is 202 Å². The van der Waals surface area contributed by atoms with Crippen molar-refractivity contribution in [2.24, 2.45) is 0 Å². The second-order valence-corrected chi connectivity index (χ2v) is 9.08. The van der Waals surface area contributed by atoms with Gasteiger partial charge in [-0.25, -0.2) is 0 Å². The second-order valence-electron chi connectivity index (χ2n) is 9.08. The topological polar surface area (TPSA) is 114 Å². The van der Waals surface area contributed by atoms with Gasteiger partial charge in [-0.15, -0.1) is 0 Å². The first-order valence-electron chi connectivity index (χ1n) is 11.6. The quantitative estimate of drug-likeness (QED) is 0.380. The third kappa shape index (κ3) is 4.53. The number of nitriles is 1. The molecule has 1 aliphatic carbocycles. The minimum absolute atomic E-state index is 0.0477. The summed E-state index contributed by atoms with van der Waals surface area (Å²) < 4.78 is 0. The van der Waals surface area contributed by atoms with Crippen LogP contribution in [0.4, 0.5) is 0 Å². The highest BCUT2D eigenvalue weighted by Crippen LogP contribution is 2.48. The zero-order chi connectivity index (χ0) is 24.4. The fraction of sp³-hybridized carbons (Fsp3) is 0.259. The zero-order valence-electron chi connectivity index (χ0n) is 19.1. The smallest absolute Gasteiger partial charge is 0.309 e. The fourth-order valence-electron chi connectivity index (χ4n) is 4.57. The van der Waals surface area contributed by atoms with Crippen LogP contribution in [-0.2, 0) is 21.7 Å². The Kier molecular flexibility index (Phi) is 5.83. The van der Waals surface area contributed by atoms with Crippen molar-refractivity contribution in [3.63, 3.8) is 0 Å². The van der Waals surface area contributed by atoms with Crippen molar-refractivity contribution in [1.82, 2.24) is 20.9 Å². The number of hydrogen-bond donors (Lipinski definition) is 3. The maximum Gasteiger partial charge on any atom is 0.309 e. The van der Waals surface area contributed by atoms with E-state index in [9.17, 15) is 14.4 Å². The van der Waals surface area contributed by atoms with Crippen LogP contribution in [0.25, 0.3) is 10.8 Å². The molecule has 5 rings (SSSR count). The lowest BCUT2D eigenvalue weighted by Crippen LogP contribution is -2.59. The molecule has 2 aliphatic rings. The number of carbonyl (C=O) groups excluding carboxylic acids is 3. The highest BCUT2D eigenvalue weighted by Gasteiger charge is 2.46. The summed E-state index contributed by atoms with van der Waals surface area (Å²) in [6, 6.07) is 21.1. The lowest BCUT2D eigenvalue weighted by molar-refractivity contribution is -0.140. The van der Waals surface area contributed by atoms with Crippen LogP contribution in [0.15, 0.2) is 66.7 Å². The minimum Gasteiger partial charge on any atom is -0.344 e. The monoisotopic (exact) mass is 467 g/mol. The number of rotatable bonds is 6. The van der Waals surface area contributed by atoms with Gasteiger partial charge < -0.3 is 20.9 Å². The van der Waals surface area contributed by atoms with Crippen LogP contribution in [0.2, 0.25) is 0 Å². The van der Waals surface area contributed by atoms with Crippen LogP contribution in [0.3, 0.4) is 0 Å². The summed E-state index contributed by atoms with van der Waals surface area (Å²) in [5.41, 5.74) is 1.79. The van der Waals surface area contributed by atoms with Gasteiger partial charge in [-0.1, -0.05) is 60.7 Å². The van der Waals surface area contributed by atoms with Gasteiger partial charge in [0.2, 0.25) is 0 Å². The van der Waals surface area contributed by atoms with Crippen LogP contribution >= 0.6 is 0 Å². The van der Waals surface area contributed by atoms with Crippen molar-refractivity contribution in [1.29, 1.82) is 5.26 Å². The van der Waals surface area contributed by atoms with Gasteiger partial charge in [-0.2, -0.15) is 5.26 Å². The van der Waals surface area contributed by atoms with E-state index in [1.165, 1.54) is 4.90 Å². The van der Waals surface area contributed by atoms with Crippen LogP contribution < -0.4 is 16.0 Å². The molecule has 1 saturated heterocycles. The molecule has 1 saturated carbocycles. The Bertz CT molecular complexity index is 1350. The molecule has 35 heavy (non-hydrogen) atoms. The van der Waals surface area contributed by atoms with Gasteiger partial charge in [0.25, 0.3) is 5.91 Å². The summed E-state index contributed by atoms with van der Waals surface area (Å²) in [5, 5.41) is 19.5. The van der Waals surface area contributed by atoms with Crippen molar-refractivity contribution in [2.45, 2.75) is 31.0 Å². The van der Waals surface area contributed by atoms with Crippen molar-refractivity contribution < 1.29 is 14.4 Å². The molecule has 1 aliphatic heterocycles.